The number of Topliss-reactive ketones (excluding diaryl/α,β-unsaturated/α-hetero) is 1. The third-order valence-corrected chi connectivity index (χ3v) is 4.28. The Balaban J connectivity index is 1.92. The van der Waals surface area contributed by atoms with E-state index >= 15 is 0 Å². The average Bonchev–Trinajstić information content (AvgIpc) is 2.86. The van der Waals surface area contributed by atoms with Crippen LogP contribution in [-0.2, 0) is 16.0 Å². The van der Waals surface area contributed by atoms with E-state index in [0.717, 1.165) is 11.1 Å². The second-order valence-electron chi connectivity index (χ2n) is 5.87. The van der Waals surface area contributed by atoms with E-state index in [2.05, 4.69) is 0 Å². The van der Waals surface area contributed by atoms with Crippen molar-refractivity contribution in [2.24, 2.45) is 0 Å². The number of hydrogen-bond acceptors (Lipinski definition) is 3. The Hall–Kier alpha value is -2.88. The van der Waals surface area contributed by atoms with Gasteiger partial charge in [-0.15, -0.1) is 0 Å². The van der Waals surface area contributed by atoms with Gasteiger partial charge >= 0.3 is 0 Å². The number of ketones is 1. The highest BCUT2D eigenvalue weighted by Gasteiger charge is 2.41. The van der Waals surface area contributed by atoms with E-state index in [1.54, 1.807) is 4.90 Å². The zero-order chi connectivity index (χ0) is 17.1. The van der Waals surface area contributed by atoms with Gasteiger partial charge in [-0.2, -0.15) is 0 Å². The average molecular weight is 321 g/mol. The normalized spacial score (nSPS) is 17.5. The van der Waals surface area contributed by atoms with Crippen molar-refractivity contribution in [2.75, 3.05) is 6.54 Å². The maximum absolute atomic E-state index is 12.5. The van der Waals surface area contributed by atoms with Gasteiger partial charge in [0.2, 0.25) is 0 Å². The fourth-order valence-corrected chi connectivity index (χ4v) is 3.12. The number of rotatable bonds is 5. The molecular weight excluding hydrogens is 302 g/mol. The fourth-order valence-electron chi connectivity index (χ4n) is 3.12. The van der Waals surface area contributed by atoms with Crippen LogP contribution in [0, 0.1) is 0 Å². The number of aliphatic hydroxyl groups is 1. The van der Waals surface area contributed by atoms with Gasteiger partial charge in [0.05, 0.1) is 11.6 Å². The van der Waals surface area contributed by atoms with Crippen molar-refractivity contribution in [1.29, 1.82) is 0 Å². The highest BCUT2D eigenvalue weighted by molar-refractivity contribution is 6.08. The number of nitrogens with zero attached hydrogens (tertiary/aromatic N) is 1. The van der Waals surface area contributed by atoms with Crippen LogP contribution in [0.2, 0.25) is 0 Å². The molecule has 1 aliphatic heterocycles. The summed E-state index contributed by atoms with van der Waals surface area (Å²) in [6.07, 6.45) is 0.661. The van der Waals surface area contributed by atoms with Crippen LogP contribution in [0.3, 0.4) is 0 Å². The largest absolute Gasteiger partial charge is 0.503 e. The molecule has 1 aliphatic rings. The number of aliphatic hydroxyl groups excluding tert-OH is 1. The van der Waals surface area contributed by atoms with E-state index in [1.165, 1.54) is 6.92 Å². The first-order chi connectivity index (χ1) is 11.6. The van der Waals surface area contributed by atoms with Crippen LogP contribution in [-0.4, -0.2) is 28.2 Å². The van der Waals surface area contributed by atoms with Crippen molar-refractivity contribution in [2.45, 2.75) is 19.4 Å². The molecule has 0 unspecified atom stereocenters. The summed E-state index contributed by atoms with van der Waals surface area (Å²) in [6.45, 7) is 1.82. The lowest BCUT2D eigenvalue weighted by Gasteiger charge is -2.26. The van der Waals surface area contributed by atoms with Crippen LogP contribution in [0.5, 0.6) is 0 Å². The highest BCUT2D eigenvalue weighted by atomic mass is 16.3. The molecule has 0 radical (unpaired) electrons. The van der Waals surface area contributed by atoms with Crippen LogP contribution in [0.1, 0.15) is 24.1 Å². The van der Waals surface area contributed by atoms with Gasteiger partial charge in [0.15, 0.2) is 11.5 Å². The lowest BCUT2D eigenvalue weighted by molar-refractivity contribution is -0.129. The monoisotopic (exact) mass is 321 g/mol. The highest BCUT2D eigenvalue weighted by Crippen LogP contribution is 2.37. The number of benzene rings is 2. The predicted molar refractivity (Wildman–Crippen MR) is 91.4 cm³/mol. The number of carbonyl (C=O) groups is 2. The van der Waals surface area contributed by atoms with Crippen LogP contribution in [0.25, 0.3) is 0 Å². The van der Waals surface area contributed by atoms with Crippen LogP contribution < -0.4 is 0 Å². The van der Waals surface area contributed by atoms with Crippen molar-refractivity contribution in [3.8, 4) is 0 Å². The zero-order valence-electron chi connectivity index (χ0n) is 13.5. The second-order valence-corrected chi connectivity index (χ2v) is 5.87. The minimum atomic E-state index is -0.528. The molecule has 1 amide bonds. The Kier molecular flexibility index (Phi) is 4.47. The zero-order valence-corrected chi connectivity index (χ0v) is 13.5. The summed E-state index contributed by atoms with van der Waals surface area (Å²) < 4.78 is 0. The van der Waals surface area contributed by atoms with Crippen molar-refractivity contribution >= 4 is 11.7 Å². The molecule has 0 aliphatic carbocycles. The summed E-state index contributed by atoms with van der Waals surface area (Å²) in [5, 5.41) is 10.2. The van der Waals surface area contributed by atoms with Gasteiger partial charge in [0, 0.05) is 6.54 Å². The summed E-state index contributed by atoms with van der Waals surface area (Å²) in [5.41, 5.74) is 2.11. The Morgan fingerprint density at radius 1 is 1.04 bits per heavy atom. The van der Waals surface area contributed by atoms with Crippen LogP contribution >= 0.6 is 0 Å². The molecule has 0 spiro atoms. The maximum atomic E-state index is 12.5. The first-order valence-corrected chi connectivity index (χ1v) is 7.93. The van der Waals surface area contributed by atoms with Crippen LogP contribution in [0.15, 0.2) is 72.0 Å². The molecule has 24 heavy (non-hydrogen) atoms. The summed E-state index contributed by atoms with van der Waals surface area (Å²) in [6, 6.07) is 18.7. The lowest BCUT2D eigenvalue weighted by atomic mass is 9.96. The van der Waals surface area contributed by atoms with Gasteiger partial charge in [-0.3, -0.25) is 9.59 Å². The molecule has 4 nitrogen and oxygen atoms in total. The molecule has 0 aromatic heterocycles. The first-order valence-electron chi connectivity index (χ1n) is 7.93. The van der Waals surface area contributed by atoms with E-state index in [4.69, 9.17) is 0 Å². The van der Waals surface area contributed by atoms with Crippen molar-refractivity contribution < 1.29 is 14.7 Å². The molecule has 0 fully saturated rings. The summed E-state index contributed by atoms with van der Waals surface area (Å²) in [7, 11) is 0. The quantitative estimate of drug-likeness (QED) is 0.920. The summed E-state index contributed by atoms with van der Waals surface area (Å²) >= 11 is 0. The smallest absolute Gasteiger partial charge is 0.290 e. The number of carbonyl (C=O) groups excluding carboxylic acids is 2. The lowest BCUT2D eigenvalue weighted by Crippen LogP contribution is -2.32. The van der Waals surface area contributed by atoms with E-state index in [1.807, 2.05) is 60.7 Å². The molecule has 4 heteroatoms. The SMILES string of the molecule is CC(=O)C1=C(O)C(=O)N(CCc2ccccc2)[C@H]1c1ccccc1. The Labute approximate surface area is 141 Å². The van der Waals surface area contributed by atoms with Gasteiger partial charge in [0.25, 0.3) is 5.91 Å². The molecule has 0 saturated carbocycles. The Morgan fingerprint density at radius 2 is 1.62 bits per heavy atom. The van der Waals surface area contributed by atoms with Crippen LogP contribution in [0.4, 0.5) is 0 Å². The minimum absolute atomic E-state index is 0.180. The molecule has 0 bridgehead atoms. The Morgan fingerprint density at radius 3 is 2.21 bits per heavy atom. The third kappa shape index (κ3) is 2.95. The summed E-state index contributed by atoms with van der Waals surface area (Å²) in [4.78, 5) is 26.1. The van der Waals surface area contributed by atoms with E-state index in [9.17, 15) is 14.7 Å². The van der Waals surface area contributed by atoms with Gasteiger partial charge < -0.3 is 10.0 Å². The van der Waals surface area contributed by atoms with Gasteiger partial charge in [-0.25, -0.2) is 0 Å². The number of amides is 1. The molecule has 0 saturated heterocycles. The van der Waals surface area contributed by atoms with E-state index in [-0.39, 0.29) is 11.4 Å². The molecular formula is C20H19NO3. The van der Waals surface area contributed by atoms with Crippen molar-refractivity contribution in [3.63, 3.8) is 0 Å². The van der Waals surface area contributed by atoms with Crippen molar-refractivity contribution in [1.82, 2.24) is 4.90 Å². The Bertz CT molecular complexity index is 781. The van der Waals surface area contributed by atoms with E-state index in [0.29, 0.717) is 13.0 Å². The molecule has 122 valence electrons. The van der Waals surface area contributed by atoms with E-state index < -0.39 is 17.7 Å². The first kappa shape index (κ1) is 16.0. The van der Waals surface area contributed by atoms with Gasteiger partial charge in [-0.1, -0.05) is 60.7 Å². The maximum Gasteiger partial charge on any atom is 0.290 e. The molecule has 2 aromatic rings. The van der Waals surface area contributed by atoms with Gasteiger partial charge in [-0.05, 0) is 24.5 Å². The predicted octanol–water partition coefficient (Wildman–Crippen LogP) is 3.21. The summed E-state index contributed by atoms with van der Waals surface area (Å²) in [5.74, 6) is -1.19. The number of hydrogen-bond donors (Lipinski definition) is 1. The van der Waals surface area contributed by atoms with Crippen molar-refractivity contribution in [3.05, 3.63) is 83.1 Å². The molecule has 1 atom stereocenters. The molecule has 1 N–H and O–H groups in total. The fraction of sp³-hybridized carbons (Fsp3) is 0.200. The minimum Gasteiger partial charge on any atom is -0.503 e. The molecule has 2 aromatic carbocycles. The van der Waals surface area contributed by atoms with Gasteiger partial charge in [0.1, 0.15) is 0 Å². The molecule has 1 heterocycles. The third-order valence-electron chi connectivity index (χ3n) is 4.28. The topological polar surface area (TPSA) is 57.6 Å². The standard InChI is InChI=1S/C20H19NO3/c1-14(22)17-18(16-10-6-3-7-11-16)21(20(24)19(17)23)13-12-15-8-4-2-5-9-15/h2-11,18,23H,12-13H2,1H3/t18-/m0/s1. The molecule has 3 rings (SSSR count). The second kappa shape index (κ2) is 6.71.